The van der Waals surface area contributed by atoms with Crippen molar-refractivity contribution in [2.24, 2.45) is 5.41 Å². The Morgan fingerprint density at radius 1 is 1.10 bits per heavy atom. The Morgan fingerprint density at radius 2 is 1.90 bits per heavy atom. The first-order chi connectivity index (χ1) is 9.66. The molecular formula is C17H23NO2. The average molecular weight is 273 g/mol. The summed E-state index contributed by atoms with van der Waals surface area (Å²) in [6.45, 7) is 7.45. The van der Waals surface area contributed by atoms with Gasteiger partial charge in [-0.05, 0) is 17.7 Å². The van der Waals surface area contributed by atoms with Gasteiger partial charge in [-0.25, -0.2) is 0 Å². The molecule has 2 aromatic rings. The molecule has 0 radical (unpaired) electrons. The maximum absolute atomic E-state index is 5.71. The number of nitrogens with one attached hydrogen (secondary N) is 1. The van der Waals surface area contributed by atoms with Gasteiger partial charge in [0.2, 0.25) is 0 Å². The maximum atomic E-state index is 5.71. The lowest BCUT2D eigenvalue weighted by atomic mass is 9.95. The van der Waals surface area contributed by atoms with E-state index in [0.29, 0.717) is 13.2 Å². The first-order valence-electron chi connectivity index (χ1n) is 7.00. The van der Waals surface area contributed by atoms with Gasteiger partial charge in [0.15, 0.2) is 0 Å². The first-order valence-corrected chi connectivity index (χ1v) is 7.00. The van der Waals surface area contributed by atoms with Crippen molar-refractivity contribution >= 4 is 0 Å². The van der Waals surface area contributed by atoms with Gasteiger partial charge < -0.3 is 14.5 Å². The van der Waals surface area contributed by atoms with Crippen molar-refractivity contribution in [2.75, 3.05) is 13.2 Å². The molecule has 0 saturated heterocycles. The third-order valence-corrected chi connectivity index (χ3v) is 3.09. The molecule has 0 aliphatic carbocycles. The van der Waals surface area contributed by atoms with Crippen LogP contribution in [-0.4, -0.2) is 13.2 Å². The van der Waals surface area contributed by atoms with E-state index >= 15 is 0 Å². The van der Waals surface area contributed by atoms with E-state index in [2.05, 4.69) is 43.4 Å². The van der Waals surface area contributed by atoms with E-state index in [-0.39, 0.29) is 5.41 Å². The Morgan fingerprint density at radius 3 is 2.60 bits per heavy atom. The smallest absolute Gasteiger partial charge is 0.129 e. The average Bonchev–Trinajstić information content (AvgIpc) is 2.93. The fraction of sp³-hybridized carbons (Fsp3) is 0.412. The van der Waals surface area contributed by atoms with E-state index in [4.69, 9.17) is 9.15 Å². The molecular weight excluding hydrogens is 250 g/mol. The van der Waals surface area contributed by atoms with Crippen LogP contribution in [0.15, 0.2) is 53.1 Å². The summed E-state index contributed by atoms with van der Waals surface area (Å²) in [4.78, 5) is 0. The highest BCUT2D eigenvalue weighted by molar-refractivity contribution is 5.14. The summed E-state index contributed by atoms with van der Waals surface area (Å²) < 4.78 is 11.0. The molecule has 0 atom stereocenters. The summed E-state index contributed by atoms with van der Waals surface area (Å²) in [7, 11) is 0. The molecule has 2 rings (SSSR count). The molecule has 20 heavy (non-hydrogen) atoms. The lowest BCUT2D eigenvalue weighted by Crippen LogP contribution is -2.32. The van der Waals surface area contributed by atoms with Crippen molar-refractivity contribution in [1.29, 1.82) is 0 Å². The van der Waals surface area contributed by atoms with Crippen LogP contribution in [0.25, 0.3) is 0 Å². The summed E-state index contributed by atoms with van der Waals surface area (Å²) in [6, 6.07) is 14.2. The van der Waals surface area contributed by atoms with Crippen LogP contribution in [0.4, 0.5) is 0 Å². The Labute approximate surface area is 121 Å². The molecule has 3 heteroatoms. The van der Waals surface area contributed by atoms with Crippen LogP contribution in [0.2, 0.25) is 0 Å². The van der Waals surface area contributed by atoms with Crippen molar-refractivity contribution < 1.29 is 9.15 Å². The summed E-state index contributed by atoms with van der Waals surface area (Å²) in [5.74, 6) is 0.873. The minimum atomic E-state index is 0.0986. The molecule has 1 aromatic heterocycles. The van der Waals surface area contributed by atoms with Crippen LogP contribution in [-0.2, 0) is 17.9 Å². The first kappa shape index (κ1) is 14.8. The number of ether oxygens (including phenoxy) is 1. The molecule has 0 unspecified atom stereocenters. The Bertz CT molecular complexity index is 477. The van der Waals surface area contributed by atoms with E-state index in [1.165, 1.54) is 5.56 Å². The van der Waals surface area contributed by atoms with Crippen molar-refractivity contribution in [3.63, 3.8) is 0 Å². The van der Waals surface area contributed by atoms with Crippen LogP contribution < -0.4 is 5.32 Å². The molecule has 0 aliphatic rings. The van der Waals surface area contributed by atoms with Crippen molar-refractivity contribution in [3.05, 3.63) is 60.1 Å². The van der Waals surface area contributed by atoms with E-state index in [1.54, 1.807) is 6.26 Å². The highest BCUT2D eigenvalue weighted by Crippen LogP contribution is 2.15. The van der Waals surface area contributed by atoms with Crippen molar-refractivity contribution in [2.45, 2.75) is 27.0 Å². The monoisotopic (exact) mass is 273 g/mol. The van der Waals surface area contributed by atoms with Gasteiger partial charge in [0, 0.05) is 18.5 Å². The molecule has 1 aromatic carbocycles. The lowest BCUT2D eigenvalue weighted by molar-refractivity contribution is 0.0423. The Kier molecular flexibility index (Phi) is 5.39. The molecule has 108 valence electrons. The second kappa shape index (κ2) is 7.27. The second-order valence-corrected chi connectivity index (χ2v) is 5.83. The number of furan rings is 1. The van der Waals surface area contributed by atoms with E-state index in [9.17, 15) is 0 Å². The molecule has 1 heterocycles. The molecule has 0 fully saturated rings. The molecule has 0 saturated carbocycles. The third kappa shape index (κ3) is 5.19. The lowest BCUT2D eigenvalue weighted by Gasteiger charge is -2.24. The summed E-state index contributed by atoms with van der Waals surface area (Å²) in [5.41, 5.74) is 1.40. The molecule has 0 spiro atoms. The van der Waals surface area contributed by atoms with Gasteiger partial charge in [0.25, 0.3) is 0 Å². The zero-order valence-electron chi connectivity index (χ0n) is 12.3. The highest BCUT2D eigenvalue weighted by Gasteiger charge is 2.17. The van der Waals surface area contributed by atoms with Gasteiger partial charge in [0.05, 0.1) is 12.9 Å². The molecule has 3 nitrogen and oxygen atoms in total. The zero-order chi connectivity index (χ0) is 14.3. The van der Waals surface area contributed by atoms with Gasteiger partial charge in [0.1, 0.15) is 12.4 Å². The molecule has 1 N–H and O–H groups in total. The van der Waals surface area contributed by atoms with Crippen LogP contribution >= 0.6 is 0 Å². The summed E-state index contributed by atoms with van der Waals surface area (Å²) >= 11 is 0. The summed E-state index contributed by atoms with van der Waals surface area (Å²) in [6.07, 6.45) is 1.67. The van der Waals surface area contributed by atoms with Crippen LogP contribution in [0.1, 0.15) is 25.2 Å². The Balaban J connectivity index is 1.65. The molecule has 0 bridgehead atoms. The predicted molar refractivity (Wildman–Crippen MR) is 80.3 cm³/mol. The van der Waals surface area contributed by atoms with Crippen molar-refractivity contribution in [3.8, 4) is 0 Å². The maximum Gasteiger partial charge on any atom is 0.129 e. The number of benzene rings is 1. The quantitative estimate of drug-likeness (QED) is 0.798. The minimum Gasteiger partial charge on any atom is -0.467 e. The SMILES string of the molecule is CC(C)(CNCc1ccccc1)COCc1ccco1. The summed E-state index contributed by atoms with van der Waals surface area (Å²) in [5, 5.41) is 3.48. The fourth-order valence-corrected chi connectivity index (χ4v) is 2.01. The predicted octanol–water partition coefficient (Wildman–Crippen LogP) is 3.61. The largest absolute Gasteiger partial charge is 0.467 e. The number of rotatable bonds is 8. The molecule has 0 amide bonds. The highest BCUT2D eigenvalue weighted by atomic mass is 16.5. The van der Waals surface area contributed by atoms with E-state index in [1.807, 2.05) is 18.2 Å². The van der Waals surface area contributed by atoms with Gasteiger partial charge in [-0.3, -0.25) is 0 Å². The number of hydrogen-bond donors (Lipinski definition) is 1. The van der Waals surface area contributed by atoms with E-state index in [0.717, 1.165) is 18.8 Å². The van der Waals surface area contributed by atoms with Crippen molar-refractivity contribution in [1.82, 2.24) is 5.32 Å². The van der Waals surface area contributed by atoms with Crippen LogP contribution in [0, 0.1) is 5.41 Å². The topological polar surface area (TPSA) is 34.4 Å². The van der Waals surface area contributed by atoms with E-state index < -0.39 is 0 Å². The Hall–Kier alpha value is -1.58. The molecule has 0 aliphatic heterocycles. The minimum absolute atomic E-state index is 0.0986. The van der Waals surface area contributed by atoms with Crippen LogP contribution in [0.5, 0.6) is 0 Å². The van der Waals surface area contributed by atoms with Gasteiger partial charge in [-0.1, -0.05) is 44.2 Å². The zero-order valence-corrected chi connectivity index (χ0v) is 12.3. The van der Waals surface area contributed by atoms with Crippen LogP contribution in [0.3, 0.4) is 0 Å². The van der Waals surface area contributed by atoms with Gasteiger partial charge in [-0.15, -0.1) is 0 Å². The normalized spacial score (nSPS) is 11.7. The fourth-order valence-electron chi connectivity index (χ4n) is 2.01. The standard InChI is InChI=1S/C17H23NO2/c1-17(2,14-19-12-16-9-6-10-20-16)13-18-11-15-7-4-3-5-8-15/h3-10,18H,11-14H2,1-2H3. The van der Waals surface area contributed by atoms with Gasteiger partial charge >= 0.3 is 0 Å². The number of hydrogen-bond acceptors (Lipinski definition) is 3. The second-order valence-electron chi connectivity index (χ2n) is 5.83. The van der Waals surface area contributed by atoms with Gasteiger partial charge in [-0.2, -0.15) is 0 Å². The third-order valence-electron chi connectivity index (χ3n) is 3.09.